The van der Waals surface area contributed by atoms with Gasteiger partial charge in [0.2, 0.25) is 0 Å². The molecular weight excluding hydrogens is 322 g/mol. The number of rotatable bonds is 4. The number of likely N-dealkylation sites (N-methyl/N-ethyl adjacent to an activating group) is 1. The molecule has 0 aliphatic carbocycles. The van der Waals surface area contributed by atoms with E-state index in [0.717, 1.165) is 13.1 Å². The first-order valence-corrected chi connectivity index (χ1v) is 8.57. The molecule has 2 rings (SSSR count). The highest BCUT2D eigenvalue weighted by molar-refractivity contribution is 7.17. The van der Waals surface area contributed by atoms with Gasteiger partial charge in [-0.1, -0.05) is 36.1 Å². The molecule has 0 aliphatic rings. The number of benzene rings is 1. The monoisotopic (exact) mass is 347 g/mol. The predicted octanol–water partition coefficient (Wildman–Crippen LogP) is 5.67. The molecule has 0 spiro atoms. The first-order chi connectivity index (χ1) is 10.4. The number of aryl methyl sites for hydroxylation is 1. The van der Waals surface area contributed by atoms with E-state index in [9.17, 15) is 0 Å². The molecule has 0 atom stereocenters. The van der Waals surface area contributed by atoms with Gasteiger partial charge in [0, 0.05) is 23.2 Å². The molecule has 0 saturated carbocycles. The number of halogens is 1. The molecule has 0 unspecified atom stereocenters. The highest BCUT2D eigenvalue weighted by Crippen LogP contribution is 2.29. The van der Waals surface area contributed by atoms with Crippen molar-refractivity contribution >= 4 is 33.8 Å². The molecule has 1 aromatic carbocycles. The second-order valence-electron chi connectivity index (χ2n) is 6.83. The summed E-state index contributed by atoms with van der Waals surface area (Å²) in [5.41, 5.74) is 2.86. The van der Waals surface area contributed by atoms with Gasteiger partial charge in [0.05, 0.1) is 0 Å². The van der Waals surface area contributed by atoms with Crippen molar-refractivity contribution in [3.8, 4) is 11.8 Å². The lowest BCUT2D eigenvalue weighted by molar-refractivity contribution is 0.365. The fourth-order valence-corrected chi connectivity index (χ4v) is 3.34. The van der Waals surface area contributed by atoms with Gasteiger partial charge in [-0.25, -0.2) is 0 Å². The van der Waals surface area contributed by atoms with E-state index in [4.69, 9.17) is 0 Å². The van der Waals surface area contributed by atoms with Crippen molar-refractivity contribution in [1.29, 1.82) is 0 Å². The van der Waals surface area contributed by atoms with Gasteiger partial charge in [0.1, 0.15) is 0 Å². The van der Waals surface area contributed by atoms with Crippen LogP contribution in [-0.2, 0) is 6.54 Å². The van der Waals surface area contributed by atoms with Crippen LogP contribution in [0.4, 0.5) is 0 Å². The van der Waals surface area contributed by atoms with Crippen molar-refractivity contribution in [3.05, 3.63) is 46.9 Å². The minimum atomic E-state index is 0. The van der Waals surface area contributed by atoms with E-state index in [1.807, 2.05) is 17.4 Å². The zero-order chi connectivity index (χ0) is 16.2. The summed E-state index contributed by atoms with van der Waals surface area (Å²) in [5.74, 6) is 6.34. The van der Waals surface area contributed by atoms with E-state index in [0.29, 0.717) is 0 Å². The van der Waals surface area contributed by atoms with E-state index in [1.165, 1.54) is 21.2 Å². The van der Waals surface area contributed by atoms with E-state index in [-0.39, 0.29) is 17.8 Å². The van der Waals surface area contributed by atoms with E-state index in [2.05, 4.69) is 81.1 Å². The average Bonchev–Trinajstić information content (AvgIpc) is 2.80. The molecule has 0 aliphatic heterocycles. The standard InChI is InChI=1S/C20H25NS.ClH/c1-16-15-22-19-17(10-9-11-18(16)19)14-21(5)13-8-6-7-12-20(2,3)4;/h6,8-11,15H,13-14H2,1-5H3;1H/b8-6+;. The Labute approximate surface area is 150 Å². The Morgan fingerprint density at radius 1 is 1.26 bits per heavy atom. The van der Waals surface area contributed by atoms with Crippen LogP contribution in [0.25, 0.3) is 10.1 Å². The second-order valence-corrected chi connectivity index (χ2v) is 7.71. The summed E-state index contributed by atoms with van der Waals surface area (Å²) in [6, 6.07) is 6.61. The third-order valence-corrected chi connectivity index (χ3v) is 4.57. The maximum absolute atomic E-state index is 3.22. The summed E-state index contributed by atoms with van der Waals surface area (Å²) >= 11 is 1.85. The summed E-state index contributed by atoms with van der Waals surface area (Å²) in [6.45, 7) is 10.5. The molecule has 0 N–H and O–H groups in total. The quantitative estimate of drug-likeness (QED) is 0.644. The number of nitrogens with zero attached hydrogens (tertiary/aromatic N) is 1. The van der Waals surface area contributed by atoms with Gasteiger partial charge in [0.25, 0.3) is 0 Å². The van der Waals surface area contributed by atoms with Gasteiger partial charge in [-0.15, -0.1) is 23.7 Å². The van der Waals surface area contributed by atoms with E-state index in [1.54, 1.807) is 0 Å². The van der Waals surface area contributed by atoms with Crippen molar-refractivity contribution in [2.24, 2.45) is 5.41 Å². The lowest BCUT2D eigenvalue weighted by Gasteiger charge is -2.14. The number of allylic oxidation sites excluding steroid dienone is 1. The van der Waals surface area contributed by atoms with Crippen LogP contribution in [0.2, 0.25) is 0 Å². The Kier molecular flexibility index (Phi) is 7.35. The number of thiophene rings is 1. The molecule has 124 valence electrons. The molecule has 23 heavy (non-hydrogen) atoms. The normalized spacial score (nSPS) is 11.6. The lowest BCUT2D eigenvalue weighted by Crippen LogP contribution is -2.17. The third kappa shape index (κ3) is 6.03. The minimum absolute atomic E-state index is 0. The summed E-state index contributed by atoms with van der Waals surface area (Å²) in [4.78, 5) is 2.32. The SMILES string of the molecule is Cc1csc2c(CN(C)C/C=C/C#CC(C)(C)C)cccc12.Cl. The van der Waals surface area contributed by atoms with Crippen LogP contribution in [0.15, 0.2) is 35.7 Å². The lowest BCUT2D eigenvalue weighted by atomic mass is 9.98. The third-order valence-electron chi connectivity index (χ3n) is 3.38. The van der Waals surface area contributed by atoms with Gasteiger partial charge in [-0.2, -0.15) is 0 Å². The maximum atomic E-state index is 3.22. The van der Waals surface area contributed by atoms with Gasteiger partial charge in [-0.3, -0.25) is 4.90 Å². The number of hydrogen-bond donors (Lipinski definition) is 0. The summed E-state index contributed by atoms with van der Waals surface area (Å²) in [6.07, 6.45) is 4.11. The molecule has 0 amide bonds. The molecule has 0 fully saturated rings. The van der Waals surface area contributed by atoms with Crippen molar-refractivity contribution in [2.75, 3.05) is 13.6 Å². The van der Waals surface area contributed by atoms with Gasteiger partial charge in [-0.05, 0) is 62.7 Å². The molecule has 0 radical (unpaired) electrons. The Morgan fingerprint density at radius 2 is 2.00 bits per heavy atom. The zero-order valence-corrected chi connectivity index (χ0v) is 16.3. The fourth-order valence-electron chi connectivity index (χ4n) is 2.27. The van der Waals surface area contributed by atoms with Crippen LogP contribution in [0.3, 0.4) is 0 Å². The molecule has 2 aromatic rings. The number of fused-ring (bicyclic) bond motifs is 1. The van der Waals surface area contributed by atoms with Crippen LogP contribution in [0.1, 0.15) is 31.9 Å². The van der Waals surface area contributed by atoms with Gasteiger partial charge >= 0.3 is 0 Å². The van der Waals surface area contributed by atoms with Gasteiger partial charge < -0.3 is 0 Å². The number of hydrogen-bond acceptors (Lipinski definition) is 2. The molecule has 1 aromatic heterocycles. The fraction of sp³-hybridized carbons (Fsp3) is 0.400. The van der Waals surface area contributed by atoms with Crippen LogP contribution in [-0.4, -0.2) is 18.5 Å². The first-order valence-electron chi connectivity index (χ1n) is 7.69. The van der Waals surface area contributed by atoms with Crippen molar-refractivity contribution < 1.29 is 0 Å². The van der Waals surface area contributed by atoms with Gasteiger partial charge in [0.15, 0.2) is 0 Å². The molecule has 0 bridgehead atoms. The minimum Gasteiger partial charge on any atom is -0.298 e. The Balaban J connectivity index is 0.00000264. The second kappa shape index (κ2) is 8.55. The van der Waals surface area contributed by atoms with E-state index < -0.39 is 0 Å². The average molecular weight is 348 g/mol. The first kappa shape index (κ1) is 19.8. The maximum Gasteiger partial charge on any atom is 0.0390 e. The van der Waals surface area contributed by atoms with Crippen LogP contribution >= 0.6 is 23.7 Å². The summed E-state index contributed by atoms with van der Waals surface area (Å²) < 4.78 is 1.42. The van der Waals surface area contributed by atoms with Crippen molar-refractivity contribution in [2.45, 2.75) is 34.2 Å². The van der Waals surface area contributed by atoms with Crippen molar-refractivity contribution in [1.82, 2.24) is 4.90 Å². The van der Waals surface area contributed by atoms with Crippen LogP contribution in [0, 0.1) is 24.2 Å². The largest absolute Gasteiger partial charge is 0.298 e. The van der Waals surface area contributed by atoms with Crippen molar-refractivity contribution in [3.63, 3.8) is 0 Å². The Morgan fingerprint density at radius 3 is 2.70 bits per heavy atom. The molecule has 1 nitrogen and oxygen atoms in total. The highest BCUT2D eigenvalue weighted by Gasteiger charge is 2.07. The Bertz CT molecular complexity index is 725. The molecule has 0 saturated heterocycles. The molecular formula is C20H26ClNS. The van der Waals surface area contributed by atoms with E-state index >= 15 is 0 Å². The predicted molar refractivity (Wildman–Crippen MR) is 107 cm³/mol. The Hall–Kier alpha value is -1.27. The summed E-state index contributed by atoms with van der Waals surface area (Å²) in [7, 11) is 2.15. The van der Waals surface area contributed by atoms with Crippen LogP contribution in [0.5, 0.6) is 0 Å². The molecule has 3 heteroatoms. The molecule has 1 heterocycles. The summed E-state index contributed by atoms with van der Waals surface area (Å²) in [5, 5.41) is 3.64. The van der Waals surface area contributed by atoms with Crippen LogP contribution < -0.4 is 0 Å². The zero-order valence-electron chi connectivity index (χ0n) is 14.6. The topological polar surface area (TPSA) is 3.24 Å². The smallest absolute Gasteiger partial charge is 0.0390 e. The highest BCUT2D eigenvalue weighted by atomic mass is 35.5.